The number of carbonyl (C=O) groups excluding carboxylic acids is 1. The second-order valence-corrected chi connectivity index (χ2v) is 7.38. The summed E-state index contributed by atoms with van der Waals surface area (Å²) >= 11 is 0. The van der Waals surface area contributed by atoms with Gasteiger partial charge in [-0.05, 0) is 6.07 Å². The van der Waals surface area contributed by atoms with Gasteiger partial charge < -0.3 is 0 Å². The Balaban J connectivity index is 2.19. The van der Waals surface area contributed by atoms with Crippen LogP contribution in [-0.4, -0.2) is 38.9 Å². The van der Waals surface area contributed by atoms with Gasteiger partial charge in [-0.1, -0.05) is 37.3 Å². The fraction of sp³-hybridized carbons (Fsp3) is 0.222. The average Bonchev–Trinajstić information content (AvgIpc) is 2.79. The highest BCUT2D eigenvalue weighted by molar-refractivity contribution is 7.85. The Bertz CT molecular complexity index is 912. The number of nitro benzene ring substituents is 1. The van der Waals surface area contributed by atoms with Gasteiger partial charge in [-0.15, -0.1) is 0 Å². The molecule has 1 aliphatic rings. The van der Waals surface area contributed by atoms with E-state index in [1.54, 1.807) is 6.92 Å². The van der Waals surface area contributed by atoms with Crippen molar-refractivity contribution in [3.05, 3.63) is 69.8 Å². The second-order valence-electron chi connectivity index (χ2n) is 5.67. The molecule has 7 nitrogen and oxygen atoms in total. The van der Waals surface area contributed by atoms with E-state index in [-0.39, 0.29) is 24.0 Å². The molecule has 1 heterocycles. The predicted octanol–water partition coefficient (Wildman–Crippen LogP) is 2.50. The molecule has 1 unspecified atom stereocenters. The number of benzene rings is 2. The first-order valence-electron chi connectivity index (χ1n) is 8.05. The van der Waals surface area contributed by atoms with Gasteiger partial charge in [-0.25, -0.2) is 0 Å². The smallest absolute Gasteiger partial charge is 0.270 e. The van der Waals surface area contributed by atoms with Crippen LogP contribution in [0, 0.1) is 10.1 Å². The largest absolute Gasteiger partial charge is 0.298 e. The van der Waals surface area contributed by atoms with Crippen molar-refractivity contribution in [2.45, 2.75) is 6.92 Å². The van der Waals surface area contributed by atoms with Crippen molar-refractivity contribution in [2.75, 3.05) is 23.1 Å². The van der Waals surface area contributed by atoms with Gasteiger partial charge >= 0.3 is 0 Å². The van der Waals surface area contributed by atoms with Crippen LogP contribution in [0.3, 0.4) is 0 Å². The van der Waals surface area contributed by atoms with Gasteiger partial charge in [0.15, 0.2) is 0 Å². The molecule has 1 aliphatic heterocycles. The fourth-order valence-electron chi connectivity index (χ4n) is 2.73. The van der Waals surface area contributed by atoms with Crippen molar-refractivity contribution >= 4 is 33.8 Å². The van der Waals surface area contributed by atoms with Crippen molar-refractivity contribution in [3.63, 3.8) is 0 Å². The summed E-state index contributed by atoms with van der Waals surface area (Å²) in [5.41, 5.74) is 2.17. The number of hydrogen-bond donors (Lipinski definition) is 0. The van der Waals surface area contributed by atoms with E-state index < -0.39 is 15.7 Å². The molecule has 0 N–H and O–H groups in total. The molecule has 3 rings (SSSR count). The Morgan fingerprint density at radius 1 is 1.23 bits per heavy atom. The average molecular weight is 371 g/mol. The molecule has 0 spiro atoms. The number of hydrogen-bond acceptors (Lipinski definition) is 5. The third-order valence-corrected chi connectivity index (χ3v) is 5.24. The number of anilines is 1. The van der Waals surface area contributed by atoms with Crippen molar-refractivity contribution in [3.8, 4) is 0 Å². The molecule has 0 aromatic heterocycles. The summed E-state index contributed by atoms with van der Waals surface area (Å²) in [7, 11) is -1.21. The highest BCUT2D eigenvalue weighted by Gasteiger charge is 2.27. The maximum absolute atomic E-state index is 12.6. The Morgan fingerprint density at radius 2 is 1.96 bits per heavy atom. The Labute approximate surface area is 153 Å². The molecule has 0 radical (unpaired) electrons. The lowest BCUT2D eigenvalue weighted by molar-refractivity contribution is -0.384. The topological polar surface area (TPSA) is 92.9 Å². The highest BCUT2D eigenvalue weighted by Crippen LogP contribution is 2.30. The molecule has 0 bridgehead atoms. The molecule has 134 valence electrons. The molecule has 0 fully saturated rings. The van der Waals surface area contributed by atoms with Gasteiger partial charge in [0.05, 0.1) is 16.3 Å². The van der Waals surface area contributed by atoms with Crippen LogP contribution < -0.4 is 4.90 Å². The third-order valence-electron chi connectivity index (χ3n) is 4.05. The van der Waals surface area contributed by atoms with Gasteiger partial charge in [0.1, 0.15) is 12.4 Å². The molecule has 2 aromatic carbocycles. The number of fused-ring (bicyclic) bond motifs is 1. The van der Waals surface area contributed by atoms with Crippen LogP contribution in [0.5, 0.6) is 0 Å². The van der Waals surface area contributed by atoms with Gasteiger partial charge in [-0.2, -0.15) is 0 Å². The molecule has 0 saturated carbocycles. The molecule has 1 amide bonds. The van der Waals surface area contributed by atoms with Crippen LogP contribution >= 0.6 is 0 Å². The zero-order valence-electron chi connectivity index (χ0n) is 14.1. The lowest BCUT2D eigenvalue weighted by Crippen LogP contribution is -2.35. The SMILES string of the molecule is CCS(=O)CN1C(=O)CN=C(c2ccccc2)c2cc([N+](=O)[O-])ccc21. The Hall–Kier alpha value is -2.87. The van der Waals surface area contributed by atoms with E-state index in [1.165, 1.54) is 23.1 Å². The first kappa shape index (κ1) is 17.9. The lowest BCUT2D eigenvalue weighted by atomic mass is 9.99. The van der Waals surface area contributed by atoms with Crippen LogP contribution in [0.15, 0.2) is 53.5 Å². The van der Waals surface area contributed by atoms with Crippen LogP contribution in [0.4, 0.5) is 11.4 Å². The van der Waals surface area contributed by atoms with Crippen molar-refractivity contribution < 1.29 is 13.9 Å². The minimum atomic E-state index is -1.21. The molecule has 1 atom stereocenters. The van der Waals surface area contributed by atoms with Crippen molar-refractivity contribution in [1.82, 2.24) is 0 Å². The molecule has 0 aliphatic carbocycles. The highest BCUT2D eigenvalue weighted by atomic mass is 32.2. The van der Waals surface area contributed by atoms with Crippen molar-refractivity contribution in [1.29, 1.82) is 0 Å². The third kappa shape index (κ3) is 3.55. The lowest BCUT2D eigenvalue weighted by Gasteiger charge is -2.22. The summed E-state index contributed by atoms with van der Waals surface area (Å²) < 4.78 is 12.0. The quantitative estimate of drug-likeness (QED) is 0.596. The van der Waals surface area contributed by atoms with E-state index in [0.717, 1.165) is 5.56 Å². The van der Waals surface area contributed by atoms with Crippen LogP contribution in [0.25, 0.3) is 0 Å². The molecular weight excluding hydrogens is 354 g/mol. The van der Waals surface area contributed by atoms with E-state index in [4.69, 9.17) is 0 Å². The number of aliphatic imine (C=N–C) groups is 1. The molecule has 0 saturated heterocycles. The number of amides is 1. The molecular formula is C18H17N3O4S. The molecule has 8 heteroatoms. The summed E-state index contributed by atoms with van der Waals surface area (Å²) in [5.74, 6) is 0.170. The molecule has 2 aromatic rings. The summed E-state index contributed by atoms with van der Waals surface area (Å²) in [6.45, 7) is 1.68. The van der Waals surface area contributed by atoms with E-state index in [2.05, 4.69) is 4.99 Å². The summed E-state index contributed by atoms with van der Waals surface area (Å²) in [6.07, 6.45) is 0. The van der Waals surface area contributed by atoms with Crippen molar-refractivity contribution in [2.24, 2.45) is 4.99 Å². The summed E-state index contributed by atoms with van der Waals surface area (Å²) in [4.78, 5) is 29.1. The van der Waals surface area contributed by atoms with Crippen LogP contribution in [0.2, 0.25) is 0 Å². The number of rotatable bonds is 5. The number of nitro groups is 1. The zero-order chi connectivity index (χ0) is 18.7. The predicted molar refractivity (Wildman–Crippen MR) is 101 cm³/mol. The number of benzodiazepines with no additional fused rings is 1. The van der Waals surface area contributed by atoms with Gasteiger partial charge in [-0.3, -0.25) is 29.0 Å². The maximum atomic E-state index is 12.6. The first-order chi connectivity index (χ1) is 12.5. The Morgan fingerprint density at radius 3 is 2.62 bits per heavy atom. The monoisotopic (exact) mass is 371 g/mol. The minimum Gasteiger partial charge on any atom is -0.298 e. The van der Waals surface area contributed by atoms with E-state index in [9.17, 15) is 19.1 Å². The van der Waals surface area contributed by atoms with Crippen LogP contribution in [0.1, 0.15) is 18.1 Å². The van der Waals surface area contributed by atoms with Gasteiger partial charge in [0, 0.05) is 39.8 Å². The first-order valence-corrected chi connectivity index (χ1v) is 9.54. The Kier molecular flexibility index (Phi) is 5.22. The number of non-ortho nitro benzene ring substituents is 1. The summed E-state index contributed by atoms with van der Waals surface area (Å²) in [5, 5.41) is 11.2. The van der Waals surface area contributed by atoms with Gasteiger partial charge in [0.25, 0.3) is 5.69 Å². The minimum absolute atomic E-state index is 0.0394. The standard InChI is InChI=1S/C18H17N3O4S/c1-2-26(25)12-20-16-9-8-14(21(23)24)10-15(16)18(19-11-17(20)22)13-6-4-3-5-7-13/h3-10H,2,11-12H2,1H3. The van der Waals surface area contributed by atoms with E-state index in [1.807, 2.05) is 30.3 Å². The zero-order valence-corrected chi connectivity index (χ0v) is 14.9. The van der Waals surface area contributed by atoms with Crippen LogP contribution in [-0.2, 0) is 15.6 Å². The van der Waals surface area contributed by atoms with E-state index in [0.29, 0.717) is 22.7 Å². The number of carbonyl (C=O) groups is 1. The van der Waals surface area contributed by atoms with Gasteiger partial charge in [0.2, 0.25) is 5.91 Å². The second kappa shape index (κ2) is 7.57. The number of nitrogens with zero attached hydrogens (tertiary/aromatic N) is 3. The normalized spacial score (nSPS) is 15.0. The maximum Gasteiger partial charge on any atom is 0.270 e. The fourth-order valence-corrected chi connectivity index (χ4v) is 3.49. The summed E-state index contributed by atoms with van der Waals surface area (Å²) in [6, 6.07) is 13.5. The van der Waals surface area contributed by atoms with E-state index >= 15 is 0 Å². The molecule has 26 heavy (non-hydrogen) atoms.